The summed E-state index contributed by atoms with van der Waals surface area (Å²) in [6.45, 7) is 5.84. The van der Waals surface area contributed by atoms with Gasteiger partial charge in [-0.3, -0.25) is 4.79 Å². The van der Waals surface area contributed by atoms with Crippen LogP contribution >= 0.6 is 0 Å². The molecule has 1 atom stereocenters. The van der Waals surface area contributed by atoms with Gasteiger partial charge in [0.1, 0.15) is 18.1 Å². The summed E-state index contributed by atoms with van der Waals surface area (Å²) in [5.74, 6) is -0.473. The topological polar surface area (TPSA) is 74.2 Å². The molecule has 0 spiro atoms. The standard InChI is InChI=1S/C13H24O6/c1-5-6-18-7-11(14)8-19-12(15)13(2,9-16-3)10-17-4/h5,11,14H,1,6-10H2,2-4H3. The van der Waals surface area contributed by atoms with Gasteiger partial charge in [-0.15, -0.1) is 6.58 Å². The highest BCUT2D eigenvalue weighted by Gasteiger charge is 2.35. The lowest BCUT2D eigenvalue weighted by Gasteiger charge is -2.26. The van der Waals surface area contributed by atoms with E-state index in [4.69, 9.17) is 18.9 Å². The number of aliphatic hydroxyl groups is 1. The summed E-state index contributed by atoms with van der Waals surface area (Å²) in [5, 5.41) is 9.55. The molecule has 1 N–H and O–H groups in total. The van der Waals surface area contributed by atoms with Gasteiger partial charge in [0.05, 0.1) is 26.4 Å². The van der Waals surface area contributed by atoms with Crippen molar-refractivity contribution < 1.29 is 28.8 Å². The lowest BCUT2D eigenvalue weighted by atomic mass is 9.93. The fourth-order valence-electron chi connectivity index (χ4n) is 1.48. The number of hydrogen-bond donors (Lipinski definition) is 1. The van der Waals surface area contributed by atoms with Crippen LogP contribution < -0.4 is 0 Å². The number of carbonyl (C=O) groups excluding carboxylic acids is 1. The van der Waals surface area contributed by atoms with Crippen LogP contribution in [0.3, 0.4) is 0 Å². The van der Waals surface area contributed by atoms with Crippen molar-refractivity contribution in [3.8, 4) is 0 Å². The maximum atomic E-state index is 11.9. The third kappa shape index (κ3) is 7.27. The zero-order valence-electron chi connectivity index (χ0n) is 11.9. The highest BCUT2D eigenvalue weighted by molar-refractivity contribution is 5.76. The van der Waals surface area contributed by atoms with Crippen LogP contribution in [-0.2, 0) is 23.7 Å². The van der Waals surface area contributed by atoms with Gasteiger partial charge in [0.2, 0.25) is 0 Å². The molecule has 6 heteroatoms. The summed E-state index contributed by atoms with van der Waals surface area (Å²) in [7, 11) is 3.00. The molecular formula is C13H24O6. The average molecular weight is 276 g/mol. The Bertz CT molecular complexity index is 260. The van der Waals surface area contributed by atoms with Crippen molar-refractivity contribution in [3.05, 3.63) is 12.7 Å². The van der Waals surface area contributed by atoms with Gasteiger partial charge in [-0.05, 0) is 6.92 Å². The minimum absolute atomic E-state index is 0.0879. The molecule has 0 aromatic heterocycles. The Morgan fingerprint density at radius 3 is 2.37 bits per heavy atom. The lowest BCUT2D eigenvalue weighted by Crippen LogP contribution is -2.40. The summed E-state index contributed by atoms with van der Waals surface area (Å²) in [6, 6.07) is 0. The number of hydrogen-bond acceptors (Lipinski definition) is 6. The Morgan fingerprint density at radius 2 is 1.89 bits per heavy atom. The number of carbonyl (C=O) groups is 1. The van der Waals surface area contributed by atoms with Crippen LogP contribution in [-0.4, -0.2) is 64.4 Å². The fraction of sp³-hybridized carbons (Fsp3) is 0.769. The average Bonchev–Trinajstić information content (AvgIpc) is 2.36. The molecule has 0 amide bonds. The van der Waals surface area contributed by atoms with Crippen molar-refractivity contribution in [2.24, 2.45) is 5.41 Å². The van der Waals surface area contributed by atoms with Crippen molar-refractivity contribution in [2.45, 2.75) is 13.0 Å². The van der Waals surface area contributed by atoms with Crippen LogP contribution in [0.5, 0.6) is 0 Å². The van der Waals surface area contributed by atoms with Gasteiger partial charge >= 0.3 is 5.97 Å². The van der Waals surface area contributed by atoms with Crippen LogP contribution in [0.15, 0.2) is 12.7 Å². The molecule has 0 saturated heterocycles. The summed E-state index contributed by atoms with van der Waals surface area (Å²) in [4.78, 5) is 11.9. The van der Waals surface area contributed by atoms with E-state index in [0.717, 1.165) is 0 Å². The quantitative estimate of drug-likeness (QED) is 0.334. The summed E-state index contributed by atoms with van der Waals surface area (Å²) >= 11 is 0. The zero-order chi connectivity index (χ0) is 14.7. The van der Waals surface area contributed by atoms with Gasteiger partial charge in [-0.2, -0.15) is 0 Å². The largest absolute Gasteiger partial charge is 0.462 e. The molecule has 0 aromatic carbocycles. The van der Waals surface area contributed by atoms with Crippen molar-refractivity contribution in [3.63, 3.8) is 0 Å². The molecule has 0 aliphatic heterocycles. The van der Waals surface area contributed by atoms with Gasteiger partial charge in [-0.25, -0.2) is 0 Å². The second-order valence-corrected chi connectivity index (χ2v) is 4.51. The van der Waals surface area contributed by atoms with Gasteiger partial charge in [-0.1, -0.05) is 6.08 Å². The van der Waals surface area contributed by atoms with Crippen LogP contribution in [0, 0.1) is 5.41 Å². The molecule has 112 valence electrons. The lowest BCUT2D eigenvalue weighted by molar-refractivity contribution is -0.165. The SMILES string of the molecule is C=CCOCC(O)COC(=O)C(C)(COC)COC. The van der Waals surface area contributed by atoms with E-state index in [-0.39, 0.29) is 26.4 Å². The molecule has 0 radical (unpaired) electrons. The first kappa shape index (κ1) is 18.0. The first-order chi connectivity index (χ1) is 9.00. The molecule has 0 rings (SSSR count). The highest BCUT2D eigenvalue weighted by Crippen LogP contribution is 2.19. The van der Waals surface area contributed by atoms with Crippen molar-refractivity contribution in [1.82, 2.24) is 0 Å². The Morgan fingerprint density at radius 1 is 1.32 bits per heavy atom. The molecule has 0 fully saturated rings. The zero-order valence-corrected chi connectivity index (χ0v) is 11.9. The molecule has 6 nitrogen and oxygen atoms in total. The van der Waals surface area contributed by atoms with E-state index in [0.29, 0.717) is 6.61 Å². The first-order valence-electron chi connectivity index (χ1n) is 6.02. The monoisotopic (exact) mass is 276 g/mol. The van der Waals surface area contributed by atoms with E-state index in [1.54, 1.807) is 13.0 Å². The van der Waals surface area contributed by atoms with E-state index in [1.165, 1.54) is 14.2 Å². The Hall–Kier alpha value is -0.950. The Kier molecular flexibility index (Phi) is 9.42. The van der Waals surface area contributed by atoms with E-state index in [9.17, 15) is 9.90 Å². The van der Waals surface area contributed by atoms with Crippen molar-refractivity contribution in [2.75, 3.05) is 47.3 Å². The van der Waals surface area contributed by atoms with Crippen LogP contribution in [0.25, 0.3) is 0 Å². The van der Waals surface area contributed by atoms with Gasteiger partial charge < -0.3 is 24.1 Å². The summed E-state index contributed by atoms with van der Waals surface area (Å²) in [5.41, 5.74) is -0.884. The molecule has 1 unspecified atom stereocenters. The molecule has 0 bridgehead atoms. The Balaban J connectivity index is 4.14. The smallest absolute Gasteiger partial charge is 0.316 e. The van der Waals surface area contributed by atoms with E-state index in [1.807, 2.05) is 0 Å². The van der Waals surface area contributed by atoms with Gasteiger partial charge in [0.15, 0.2) is 0 Å². The number of methoxy groups -OCH3 is 2. The number of ether oxygens (including phenoxy) is 4. The third-order valence-electron chi connectivity index (χ3n) is 2.37. The van der Waals surface area contributed by atoms with E-state index < -0.39 is 17.5 Å². The van der Waals surface area contributed by atoms with E-state index in [2.05, 4.69) is 6.58 Å². The second kappa shape index (κ2) is 9.91. The number of esters is 1. The normalized spacial score (nSPS) is 13.1. The predicted molar refractivity (Wildman–Crippen MR) is 69.8 cm³/mol. The molecule has 0 aliphatic rings. The molecule has 0 heterocycles. The number of rotatable bonds is 11. The molecule has 0 aromatic rings. The molecule has 0 aliphatic carbocycles. The third-order valence-corrected chi connectivity index (χ3v) is 2.37. The second-order valence-electron chi connectivity index (χ2n) is 4.51. The highest BCUT2D eigenvalue weighted by atomic mass is 16.6. The molecular weight excluding hydrogens is 252 g/mol. The van der Waals surface area contributed by atoms with Crippen LogP contribution in [0.4, 0.5) is 0 Å². The minimum Gasteiger partial charge on any atom is -0.462 e. The minimum atomic E-state index is -0.884. The predicted octanol–water partition coefficient (Wildman–Crippen LogP) is 0.392. The Labute approximate surface area is 114 Å². The molecule has 19 heavy (non-hydrogen) atoms. The van der Waals surface area contributed by atoms with Crippen molar-refractivity contribution >= 4 is 5.97 Å². The fourth-order valence-corrected chi connectivity index (χ4v) is 1.48. The van der Waals surface area contributed by atoms with Gasteiger partial charge in [0.25, 0.3) is 0 Å². The summed E-state index contributed by atoms with van der Waals surface area (Å²) < 4.78 is 20.1. The van der Waals surface area contributed by atoms with E-state index >= 15 is 0 Å². The summed E-state index contributed by atoms with van der Waals surface area (Å²) in [6.07, 6.45) is 0.714. The maximum Gasteiger partial charge on any atom is 0.316 e. The molecule has 0 saturated carbocycles. The van der Waals surface area contributed by atoms with Crippen molar-refractivity contribution in [1.29, 1.82) is 0 Å². The first-order valence-corrected chi connectivity index (χ1v) is 6.02. The van der Waals surface area contributed by atoms with Crippen LogP contribution in [0.1, 0.15) is 6.92 Å². The maximum absolute atomic E-state index is 11.9. The number of aliphatic hydroxyl groups excluding tert-OH is 1. The van der Waals surface area contributed by atoms with Crippen LogP contribution in [0.2, 0.25) is 0 Å². The van der Waals surface area contributed by atoms with Gasteiger partial charge in [0, 0.05) is 14.2 Å².